The molecule has 0 spiro atoms. The van der Waals surface area contributed by atoms with Crippen molar-refractivity contribution in [3.05, 3.63) is 0 Å². The number of rotatable bonds is 5. The lowest BCUT2D eigenvalue weighted by Crippen LogP contribution is -2.18. The predicted molar refractivity (Wildman–Crippen MR) is 54.9 cm³/mol. The number of nitrogens with two attached hydrogens (primary N) is 1. The van der Waals surface area contributed by atoms with Crippen LogP contribution >= 0.6 is 0 Å². The Morgan fingerprint density at radius 1 is 1.67 bits per heavy atom. The molecule has 3 nitrogen and oxygen atoms in total. The molecule has 0 fully saturated rings. The number of hydrogen-bond donors (Lipinski definition) is 1. The highest BCUT2D eigenvalue weighted by atomic mass is 32.2. The van der Waals surface area contributed by atoms with Crippen molar-refractivity contribution in [2.75, 3.05) is 12.0 Å². The second kappa shape index (κ2) is 6.17. The fourth-order valence-corrected chi connectivity index (χ4v) is 1.73. The van der Waals surface area contributed by atoms with Crippen molar-refractivity contribution < 1.29 is 4.21 Å². The molecule has 0 rings (SSSR count). The molecule has 72 valence electrons. The third kappa shape index (κ3) is 6.34. The fraction of sp³-hybridized carbons (Fsp3) is 0.875. The molecule has 0 amide bonds. The minimum atomic E-state index is -0.779. The summed E-state index contributed by atoms with van der Waals surface area (Å²) in [6.45, 7) is 3.99. The van der Waals surface area contributed by atoms with E-state index in [2.05, 4.69) is 11.9 Å². The summed E-state index contributed by atoms with van der Waals surface area (Å²) in [5, 5.41) is 0. The van der Waals surface area contributed by atoms with Crippen molar-refractivity contribution in [3.63, 3.8) is 0 Å². The highest BCUT2D eigenvalue weighted by Crippen LogP contribution is 1.95. The fourth-order valence-electron chi connectivity index (χ4n) is 0.981. The van der Waals surface area contributed by atoms with E-state index in [4.69, 9.17) is 5.73 Å². The van der Waals surface area contributed by atoms with Crippen molar-refractivity contribution in [1.82, 2.24) is 0 Å². The minimum absolute atomic E-state index is 0.0855. The molecule has 0 bridgehead atoms. The Kier molecular flexibility index (Phi) is 5.98. The molecule has 0 saturated heterocycles. The molecule has 0 aromatic rings. The standard InChI is InChI=1S/C8H18N2OS/c1-4-5-8(9)10-7(2)6-12(3)11/h7H,4-6H2,1-3H3,(H2,9,10). The maximum absolute atomic E-state index is 10.8. The second-order valence-corrected chi connectivity index (χ2v) is 4.44. The topological polar surface area (TPSA) is 55.4 Å². The molecule has 0 radical (unpaired) electrons. The van der Waals surface area contributed by atoms with Gasteiger partial charge in [-0.05, 0) is 13.3 Å². The average molecular weight is 190 g/mol. The molecule has 0 saturated carbocycles. The summed E-state index contributed by atoms with van der Waals surface area (Å²) in [4.78, 5) is 4.21. The van der Waals surface area contributed by atoms with Crippen molar-refractivity contribution in [1.29, 1.82) is 0 Å². The lowest BCUT2D eigenvalue weighted by atomic mass is 10.3. The Balaban J connectivity index is 3.86. The van der Waals surface area contributed by atoms with Crippen LogP contribution in [0.25, 0.3) is 0 Å². The Morgan fingerprint density at radius 2 is 2.25 bits per heavy atom. The van der Waals surface area contributed by atoms with E-state index < -0.39 is 10.8 Å². The molecular weight excluding hydrogens is 172 g/mol. The molecule has 0 aliphatic heterocycles. The van der Waals surface area contributed by atoms with Gasteiger partial charge in [-0.25, -0.2) is 0 Å². The van der Waals surface area contributed by atoms with Crippen molar-refractivity contribution in [2.24, 2.45) is 10.7 Å². The Labute approximate surface area is 76.9 Å². The van der Waals surface area contributed by atoms with Crippen LogP contribution in [0, 0.1) is 0 Å². The van der Waals surface area contributed by atoms with Gasteiger partial charge in [0.1, 0.15) is 0 Å². The molecule has 0 aliphatic carbocycles. The third-order valence-corrected chi connectivity index (χ3v) is 2.32. The van der Waals surface area contributed by atoms with Crippen molar-refractivity contribution in [2.45, 2.75) is 32.7 Å². The first-order valence-electron chi connectivity index (χ1n) is 4.18. The molecule has 0 aromatic heterocycles. The van der Waals surface area contributed by atoms with E-state index in [0.717, 1.165) is 12.8 Å². The van der Waals surface area contributed by atoms with Gasteiger partial charge in [-0.1, -0.05) is 6.92 Å². The maximum atomic E-state index is 10.8. The minimum Gasteiger partial charge on any atom is -0.387 e. The van der Waals surface area contributed by atoms with Gasteiger partial charge >= 0.3 is 0 Å². The van der Waals surface area contributed by atoms with E-state index in [9.17, 15) is 4.21 Å². The lowest BCUT2D eigenvalue weighted by Gasteiger charge is -2.05. The van der Waals surface area contributed by atoms with Crippen LogP contribution in [-0.2, 0) is 10.8 Å². The quantitative estimate of drug-likeness (QED) is 0.517. The lowest BCUT2D eigenvalue weighted by molar-refractivity contribution is 0.680. The van der Waals surface area contributed by atoms with Crippen LogP contribution in [0.15, 0.2) is 4.99 Å². The molecule has 0 aliphatic rings. The van der Waals surface area contributed by atoms with E-state index in [0.29, 0.717) is 11.6 Å². The Bertz CT molecular complexity index is 180. The smallest absolute Gasteiger partial charge is 0.0940 e. The second-order valence-electron chi connectivity index (χ2n) is 2.96. The average Bonchev–Trinajstić information content (AvgIpc) is 1.84. The largest absolute Gasteiger partial charge is 0.387 e. The van der Waals surface area contributed by atoms with Crippen LogP contribution in [0.4, 0.5) is 0 Å². The van der Waals surface area contributed by atoms with Crippen LogP contribution in [0.2, 0.25) is 0 Å². The van der Waals surface area contributed by atoms with Gasteiger partial charge in [-0.2, -0.15) is 0 Å². The zero-order valence-corrected chi connectivity index (χ0v) is 8.86. The summed E-state index contributed by atoms with van der Waals surface area (Å²) in [6, 6.07) is 0.0855. The molecule has 0 heterocycles. The first-order chi connectivity index (χ1) is 5.56. The molecule has 2 unspecified atom stereocenters. The Morgan fingerprint density at radius 3 is 2.67 bits per heavy atom. The highest BCUT2D eigenvalue weighted by Gasteiger charge is 2.02. The van der Waals surface area contributed by atoms with Gasteiger partial charge in [-0.3, -0.25) is 9.20 Å². The van der Waals surface area contributed by atoms with Gasteiger partial charge in [0, 0.05) is 29.2 Å². The summed E-state index contributed by atoms with van der Waals surface area (Å²) in [5.41, 5.74) is 5.61. The van der Waals surface area contributed by atoms with E-state index in [-0.39, 0.29) is 6.04 Å². The first kappa shape index (κ1) is 11.6. The molecule has 0 aromatic carbocycles. The van der Waals surface area contributed by atoms with E-state index in [1.807, 2.05) is 6.92 Å². The summed E-state index contributed by atoms with van der Waals surface area (Å²) in [6.07, 6.45) is 3.53. The zero-order chi connectivity index (χ0) is 9.56. The van der Waals surface area contributed by atoms with E-state index >= 15 is 0 Å². The number of amidine groups is 1. The van der Waals surface area contributed by atoms with Gasteiger partial charge in [-0.15, -0.1) is 0 Å². The SMILES string of the molecule is CCCC(N)=NC(C)CS(C)=O. The van der Waals surface area contributed by atoms with Crippen LogP contribution in [0.1, 0.15) is 26.7 Å². The molecule has 12 heavy (non-hydrogen) atoms. The van der Waals surface area contributed by atoms with Crippen molar-refractivity contribution >= 4 is 16.6 Å². The van der Waals surface area contributed by atoms with Crippen molar-refractivity contribution in [3.8, 4) is 0 Å². The molecule has 4 heteroatoms. The Hall–Kier alpha value is -0.380. The van der Waals surface area contributed by atoms with Crippen LogP contribution in [0.5, 0.6) is 0 Å². The van der Waals surface area contributed by atoms with Gasteiger partial charge in [0.25, 0.3) is 0 Å². The number of nitrogens with zero attached hydrogens (tertiary/aromatic N) is 1. The number of hydrogen-bond acceptors (Lipinski definition) is 2. The van der Waals surface area contributed by atoms with Gasteiger partial charge in [0.2, 0.25) is 0 Å². The van der Waals surface area contributed by atoms with Crippen LogP contribution in [-0.4, -0.2) is 28.1 Å². The molecule has 2 N–H and O–H groups in total. The molecular formula is C8H18N2OS. The normalized spacial score (nSPS) is 17.4. The van der Waals surface area contributed by atoms with Gasteiger partial charge in [0.15, 0.2) is 0 Å². The van der Waals surface area contributed by atoms with Crippen LogP contribution in [0.3, 0.4) is 0 Å². The van der Waals surface area contributed by atoms with E-state index in [1.54, 1.807) is 6.26 Å². The number of aliphatic imine (C=N–C) groups is 1. The predicted octanol–water partition coefficient (Wildman–Crippen LogP) is 0.911. The highest BCUT2D eigenvalue weighted by molar-refractivity contribution is 7.84. The summed E-state index contributed by atoms with van der Waals surface area (Å²) >= 11 is 0. The van der Waals surface area contributed by atoms with Crippen LogP contribution < -0.4 is 5.73 Å². The summed E-state index contributed by atoms with van der Waals surface area (Å²) in [5.74, 6) is 1.28. The van der Waals surface area contributed by atoms with E-state index in [1.165, 1.54) is 0 Å². The monoisotopic (exact) mass is 190 g/mol. The summed E-state index contributed by atoms with van der Waals surface area (Å²) in [7, 11) is -0.779. The maximum Gasteiger partial charge on any atom is 0.0940 e. The van der Waals surface area contributed by atoms with Gasteiger partial charge in [0.05, 0.1) is 11.9 Å². The zero-order valence-electron chi connectivity index (χ0n) is 8.04. The first-order valence-corrected chi connectivity index (χ1v) is 5.91. The summed E-state index contributed by atoms with van der Waals surface area (Å²) < 4.78 is 10.8. The van der Waals surface area contributed by atoms with Gasteiger partial charge < -0.3 is 5.73 Å². The molecule has 2 atom stereocenters. The third-order valence-electron chi connectivity index (χ3n) is 1.37.